The lowest BCUT2D eigenvalue weighted by atomic mass is 10.1. The van der Waals surface area contributed by atoms with Crippen molar-refractivity contribution in [3.8, 4) is 5.75 Å². The third-order valence-electron chi connectivity index (χ3n) is 5.01. The fourth-order valence-electron chi connectivity index (χ4n) is 3.58. The molecule has 3 aromatic rings. The molecular weight excluding hydrogens is 366 g/mol. The molecule has 0 saturated heterocycles. The maximum Gasteiger partial charge on any atom is 0.307 e. The maximum atomic E-state index is 13.2. The first-order chi connectivity index (χ1) is 14.0. The average molecular weight is 393 g/mol. The van der Waals surface area contributed by atoms with Gasteiger partial charge in [-0.1, -0.05) is 44.4 Å². The van der Waals surface area contributed by atoms with Crippen molar-refractivity contribution in [2.24, 2.45) is 0 Å². The summed E-state index contributed by atoms with van der Waals surface area (Å²) in [6.07, 6.45) is 4.45. The lowest BCUT2D eigenvalue weighted by Gasteiger charge is -2.10. The highest BCUT2D eigenvalue weighted by Gasteiger charge is 2.17. The molecule has 0 spiro atoms. The van der Waals surface area contributed by atoms with Crippen molar-refractivity contribution in [3.63, 3.8) is 0 Å². The normalized spacial score (nSPS) is 11.0. The number of ether oxygens (including phenoxy) is 1. The van der Waals surface area contributed by atoms with Gasteiger partial charge in [0.05, 0.1) is 18.5 Å². The van der Waals surface area contributed by atoms with Crippen LogP contribution in [0.2, 0.25) is 0 Å². The molecule has 29 heavy (non-hydrogen) atoms. The Hall–Kier alpha value is -3.08. The van der Waals surface area contributed by atoms with E-state index >= 15 is 0 Å². The van der Waals surface area contributed by atoms with Crippen LogP contribution in [0.25, 0.3) is 10.9 Å². The van der Waals surface area contributed by atoms with E-state index < -0.39 is 5.97 Å². The molecule has 5 heteroatoms. The fourth-order valence-corrected chi connectivity index (χ4v) is 3.58. The lowest BCUT2D eigenvalue weighted by Crippen LogP contribution is -2.13. The van der Waals surface area contributed by atoms with Crippen molar-refractivity contribution >= 4 is 22.8 Å². The number of carboxylic acids is 1. The van der Waals surface area contributed by atoms with Crippen LogP contribution in [-0.4, -0.2) is 28.2 Å². The van der Waals surface area contributed by atoms with Crippen molar-refractivity contribution in [2.45, 2.75) is 46.0 Å². The van der Waals surface area contributed by atoms with E-state index in [-0.39, 0.29) is 12.3 Å². The number of aryl methyl sites for hydroxylation is 1. The second-order valence-electron chi connectivity index (χ2n) is 7.28. The molecule has 2 aromatic carbocycles. The zero-order chi connectivity index (χ0) is 20.8. The van der Waals surface area contributed by atoms with Crippen LogP contribution in [0.3, 0.4) is 0 Å². The minimum absolute atomic E-state index is 0.0731. The van der Waals surface area contributed by atoms with E-state index in [2.05, 4.69) is 6.92 Å². The molecule has 0 fully saturated rings. The third-order valence-corrected chi connectivity index (χ3v) is 5.01. The van der Waals surface area contributed by atoms with Gasteiger partial charge in [-0.15, -0.1) is 0 Å². The summed E-state index contributed by atoms with van der Waals surface area (Å²) < 4.78 is 7.45. The van der Waals surface area contributed by atoms with Crippen LogP contribution in [0.1, 0.15) is 54.2 Å². The largest absolute Gasteiger partial charge is 0.494 e. The van der Waals surface area contributed by atoms with E-state index in [4.69, 9.17) is 9.84 Å². The summed E-state index contributed by atoms with van der Waals surface area (Å²) in [7, 11) is 0. The molecular formula is C24H27NO4. The molecule has 152 valence electrons. The highest BCUT2D eigenvalue weighted by Crippen LogP contribution is 2.26. The number of carbonyl (C=O) groups excluding carboxylic acids is 1. The SMILES string of the molecule is CCCCCCOc1cccc(C(=O)n2c(C)cc3c(CC(=O)O)cccc32)c1. The fraction of sp³-hybridized carbons (Fsp3) is 0.333. The number of fused-ring (bicyclic) bond motifs is 1. The quantitative estimate of drug-likeness (QED) is 0.506. The molecule has 0 radical (unpaired) electrons. The minimum Gasteiger partial charge on any atom is -0.494 e. The second kappa shape index (κ2) is 9.41. The van der Waals surface area contributed by atoms with Crippen molar-refractivity contribution in [1.29, 1.82) is 0 Å². The van der Waals surface area contributed by atoms with Crippen LogP contribution in [-0.2, 0) is 11.2 Å². The molecule has 3 rings (SSSR count). The molecule has 0 unspecified atom stereocenters. The zero-order valence-corrected chi connectivity index (χ0v) is 17.0. The Bertz CT molecular complexity index is 1020. The Morgan fingerprint density at radius 2 is 1.83 bits per heavy atom. The van der Waals surface area contributed by atoms with Gasteiger partial charge in [0, 0.05) is 16.6 Å². The monoisotopic (exact) mass is 393 g/mol. The van der Waals surface area contributed by atoms with E-state index in [9.17, 15) is 9.59 Å². The summed E-state index contributed by atoms with van der Waals surface area (Å²) in [5.74, 6) is -0.354. The van der Waals surface area contributed by atoms with Gasteiger partial charge < -0.3 is 9.84 Å². The smallest absolute Gasteiger partial charge is 0.307 e. The van der Waals surface area contributed by atoms with Gasteiger partial charge in [-0.25, -0.2) is 0 Å². The Balaban J connectivity index is 1.85. The number of aromatic nitrogens is 1. The average Bonchev–Trinajstić information content (AvgIpc) is 3.04. The van der Waals surface area contributed by atoms with Crippen molar-refractivity contribution in [1.82, 2.24) is 4.57 Å². The van der Waals surface area contributed by atoms with Gasteiger partial charge >= 0.3 is 5.97 Å². The summed E-state index contributed by atoms with van der Waals surface area (Å²) in [6, 6.07) is 14.5. The molecule has 5 nitrogen and oxygen atoms in total. The Kier molecular flexibility index (Phi) is 6.70. The number of hydrogen-bond acceptors (Lipinski definition) is 3. The van der Waals surface area contributed by atoms with E-state index in [1.165, 1.54) is 12.8 Å². The summed E-state index contributed by atoms with van der Waals surface area (Å²) in [4.78, 5) is 24.4. The van der Waals surface area contributed by atoms with E-state index in [0.717, 1.165) is 29.4 Å². The molecule has 0 aliphatic carbocycles. The predicted octanol–water partition coefficient (Wildman–Crippen LogP) is 5.22. The molecule has 0 atom stereocenters. The topological polar surface area (TPSA) is 68.5 Å². The number of hydrogen-bond donors (Lipinski definition) is 1. The molecule has 1 aromatic heterocycles. The highest BCUT2D eigenvalue weighted by molar-refractivity contribution is 6.04. The van der Waals surface area contributed by atoms with E-state index in [1.54, 1.807) is 28.8 Å². The third kappa shape index (κ3) is 4.86. The number of nitrogens with zero attached hydrogens (tertiary/aromatic N) is 1. The van der Waals surface area contributed by atoms with Gasteiger partial charge in [0.1, 0.15) is 5.75 Å². The van der Waals surface area contributed by atoms with Crippen LogP contribution >= 0.6 is 0 Å². The Morgan fingerprint density at radius 1 is 1.03 bits per heavy atom. The molecule has 1 N–H and O–H groups in total. The van der Waals surface area contributed by atoms with Crippen LogP contribution in [0.5, 0.6) is 5.75 Å². The number of aliphatic carboxylic acids is 1. The van der Waals surface area contributed by atoms with Crippen molar-refractivity contribution < 1.29 is 19.4 Å². The summed E-state index contributed by atoms with van der Waals surface area (Å²) in [6.45, 7) is 4.67. The Morgan fingerprint density at radius 3 is 2.59 bits per heavy atom. The van der Waals surface area contributed by atoms with Gasteiger partial charge in [-0.3, -0.25) is 14.2 Å². The standard InChI is InChI=1S/C24H27NO4/c1-3-4-5-6-13-29-20-11-7-10-19(15-20)24(28)25-17(2)14-21-18(16-23(26)27)9-8-12-22(21)25/h7-12,14-15H,3-6,13,16H2,1-2H3,(H,26,27). The first-order valence-corrected chi connectivity index (χ1v) is 10.1. The van der Waals surface area contributed by atoms with E-state index in [0.29, 0.717) is 23.5 Å². The van der Waals surface area contributed by atoms with Crippen molar-refractivity contribution in [3.05, 3.63) is 65.4 Å². The molecule has 0 aliphatic heterocycles. The number of carboxylic acid groups (broad SMARTS) is 1. The summed E-state index contributed by atoms with van der Waals surface area (Å²) in [5.41, 5.74) is 2.74. The summed E-state index contributed by atoms with van der Waals surface area (Å²) >= 11 is 0. The van der Waals surface area contributed by atoms with Crippen LogP contribution < -0.4 is 4.74 Å². The summed E-state index contributed by atoms with van der Waals surface area (Å²) in [5, 5.41) is 9.95. The number of benzene rings is 2. The van der Waals surface area contributed by atoms with Gasteiger partial charge in [-0.2, -0.15) is 0 Å². The van der Waals surface area contributed by atoms with Crippen LogP contribution in [0, 0.1) is 6.92 Å². The van der Waals surface area contributed by atoms with Crippen LogP contribution in [0.15, 0.2) is 48.5 Å². The molecule has 1 heterocycles. The van der Waals surface area contributed by atoms with Gasteiger partial charge in [-0.05, 0) is 49.2 Å². The van der Waals surface area contributed by atoms with Crippen LogP contribution in [0.4, 0.5) is 0 Å². The van der Waals surface area contributed by atoms with Gasteiger partial charge in [0.2, 0.25) is 0 Å². The second-order valence-corrected chi connectivity index (χ2v) is 7.28. The van der Waals surface area contributed by atoms with Gasteiger partial charge in [0.25, 0.3) is 5.91 Å². The molecule has 0 aliphatic rings. The predicted molar refractivity (Wildman–Crippen MR) is 114 cm³/mol. The maximum absolute atomic E-state index is 13.2. The lowest BCUT2D eigenvalue weighted by molar-refractivity contribution is -0.136. The first-order valence-electron chi connectivity index (χ1n) is 10.1. The molecule has 0 bridgehead atoms. The first kappa shape index (κ1) is 20.6. The number of carbonyl (C=O) groups is 2. The van der Waals surface area contributed by atoms with Crippen molar-refractivity contribution in [2.75, 3.05) is 6.61 Å². The number of unbranched alkanes of at least 4 members (excludes halogenated alkanes) is 3. The number of rotatable bonds is 9. The minimum atomic E-state index is -0.891. The molecule has 0 saturated carbocycles. The molecule has 0 amide bonds. The zero-order valence-electron chi connectivity index (χ0n) is 17.0. The Labute approximate surface area is 170 Å². The van der Waals surface area contributed by atoms with Gasteiger partial charge in [0.15, 0.2) is 0 Å². The van der Waals surface area contributed by atoms with E-state index in [1.807, 2.05) is 31.2 Å². The highest BCUT2D eigenvalue weighted by atomic mass is 16.5.